The molecule has 2 aliphatic rings. The van der Waals surface area contributed by atoms with Crippen LogP contribution in [0.5, 0.6) is 11.5 Å². The van der Waals surface area contributed by atoms with Crippen LogP contribution >= 0.6 is 0 Å². The molecule has 1 amide bonds. The van der Waals surface area contributed by atoms with Gasteiger partial charge in [0.15, 0.2) is 18.2 Å². The number of anilines is 6. The Kier molecular flexibility index (Phi) is 7.74. The van der Waals surface area contributed by atoms with E-state index in [4.69, 9.17) is 19.4 Å². The first-order chi connectivity index (χ1) is 20.4. The number of rotatable bonds is 8. The van der Waals surface area contributed by atoms with Crippen LogP contribution in [0, 0.1) is 6.92 Å². The number of piperazine rings is 1. The minimum Gasteiger partial charge on any atom is -0.497 e. The van der Waals surface area contributed by atoms with Crippen molar-refractivity contribution in [3.05, 3.63) is 78.0 Å². The fourth-order valence-electron chi connectivity index (χ4n) is 4.95. The average molecular weight is 567 g/mol. The average Bonchev–Trinajstić information content (AvgIpc) is 3.01. The third kappa shape index (κ3) is 6.06. The summed E-state index contributed by atoms with van der Waals surface area (Å²) < 4.78 is 10.9. The Balaban J connectivity index is 1.19. The first-order valence-electron chi connectivity index (χ1n) is 13.9. The number of carbonyl (C=O) groups is 1. The maximum Gasteiger partial charge on any atom is 0.266 e. The Morgan fingerprint density at radius 2 is 1.79 bits per heavy atom. The van der Waals surface area contributed by atoms with Crippen LogP contribution in [0.3, 0.4) is 0 Å². The van der Waals surface area contributed by atoms with Crippen LogP contribution in [0.4, 0.5) is 34.8 Å². The number of carbonyl (C=O) groups excluding carboxylic acids is 1. The van der Waals surface area contributed by atoms with Crippen LogP contribution in [0.1, 0.15) is 11.1 Å². The van der Waals surface area contributed by atoms with Crippen molar-refractivity contribution in [2.75, 3.05) is 67.4 Å². The molecule has 216 valence electrons. The SMILES string of the molecule is COc1ccc(CN2C(=O)COc3ccc(Nc4nc(Nc5cccc(N6CCN(C)CC6)c5)ncc4C)nc32)cc1. The number of hydrogen-bond acceptors (Lipinski definition) is 10. The molecule has 0 saturated carbocycles. The molecule has 11 nitrogen and oxygen atoms in total. The molecule has 2 aliphatic heterocycles. The smallest absolute Gasteiger partial charge is 0.266 e. The lowest BCUT2D eigenvalue weighted by molar-refractivity contribution is -0.121. The van der Waals surface area contributed by atoms with Crippen molar-refractivity contribution < 1.29 is 14.3 Å². The molecule has 4 heterocycles. The highest BCUT2D eigenvalue weighted by atomic mass is 16.5. The highest BCUT2D eigenvalue weighted by molar-refractivity contribution is 5.96. The lowest BCUT2D eigenvalue weighted by Crippen LogP contribution is -2.44. The maximum atomic E-state index is 12.8. The van der Waals surface area contributed by atoms with Gasteiger partial charge in [-0.15, -0.1) is 0 Å². The van der Waals surface area contributed by atoms with Crippen molar-refractivity contribution in [3.63, 3.8) is 0 Å². The van der Waals surface area contributed by atoms with Gasteiger partial charge in [-0.05, 0) is 62.0 Å². The predicted octanol–water partition coefficient (Wildman–Crippen LogP) is 4.35. The lowest BCUT2D eigenvalue weighted by atomic mass is 10.2. The van der Waals surface area contributed by atoms with E-state index in [0.29, 0.717) is 35.7 Å². The molecule has 0 aliphatic carbocycles. The molecule has 42 heavy (non-hydrogen) atoms. The van der Waals surface area contributed by atoms with Crippen LogP contribution in [-0.4, -0.2) is 72.7 Å². The fourth-order valence-corrected chi connectivity index (χ4v) is 4.95. The molecule has 2 aromatic heterocycles. The van der Waals surface area contributed by atoms with Gasteiger partial charge in [0.1, 0.15) is 17.4 Å². The molecular formula is C31H34N8O3. The van der Waals surface area contributed by atoms with Crippen molar-refractivity contribution in [2.24, 2.45) is 0 Å². The number of ether oxygens (including phenoxy) is 2. The summed E-state index contributed by atoms with van der Waals surface area (Å²) in [5.74, 6) is 3.22. The van der Waals surface area contributed by atoms with Crippen molar-refractivity contribution in [1.82, 2.24) is 19.9 Å². The Hall–Kier alpha value is -4.90. The number of fused-ring (bicyclic) bond motifs is 1. The number of aryl methyl sites for hydroxylation is 1. The Bertz CT molecular complexity index is 1570. The second kappa shape index (κ2) is 11.9. The van der Waals surface area contributed by atoms with Gasteiger partial charge in [-0.25, -0.2) is 9.97 Å². The van der Waals surface area contributed by atoms with E-state index in [9.17, 15) is 4.79 Å². The van der Waals surface area contributed by atoms with E-state index in [1.807, 2.05) is 55.5 Å². The van der Waals surface area contributed by atoms with Gasteiger partial charge in [0.2, 0.25) is 5.95 Å². The first-order valence-corrected chi connectivity index (χ1v) is 13.9. The molecule has 4 aromatic rings. The molecular weight excluding hydrogens is 532 g/mol. The number of pyridine rings is 1. The van der Waals surface area contributed by atoms with E-state index in [2.05, 4.69) is 44.6 Å². The fraction of sp³-hybridized carbons (Fsp3) is 0.290. The minimum absolute atomic E-state index is 0.0341. The van der Waals surface area contributed by atoms with Crippen LogP contribution in [0.2, 0.25) is 0 Å². The largest absolute Gasteiger partial charge is 0.497 e. The van der Waals surface area contributed by atoms with E-state index in [0.717, 1.165) is 48.7 Å². The zero-order valence-electron chi connectivity index (χ0n) is 24.0. The normalized spacial score (nSPS) is 15.2. The van der Waals surface area contributed by atoms with Crippen LogP contribution in [0.25, 0.3) is 0 Å². The van der Waals surface area contributed by atoms with E-state index in [1.54, 1.807) is 18.2 Å². The quantitative estimate of drug-likeness (QED) is 0.320. The summed E-state index contributed by atoms with van der Waals surface area (Å²) in [4.78, 5) is 33.2. The van der Waals surface area contributed by atoms with Crippen molar-refractivity contribution in [1.29, 1.82) is 0 Å². The van der Waals surface area contributed by atoms with E-state index < -0.39 is 0 Å². The Morgan fingerprint density at radius 3 is 2.57 bits per heavy atom. The molecule has 1 fully saturated rings. The molecule has 2 aromatic carbocycles. The monoisotopic (exact) mass is 566 g/mol. The molecule has 0 unspecified atom stereocenters. The van der Waals surface area contributed by atoms with Gasteiger partial charge in [-0.3, -0.25) is 9.69 Å². The minimum atomic E-state index is -0.161. The summed E-state index contributed by atoms with van der Waals surface area (Å²) in [5.41, 5.74) is 3.90. The molecule has 6 rings (SSSR count). The number of hydrogen-bond donors (Lipinski definition) is 2. The molecule has 1 saturated heterocycles. The highest BCUT2D eigenvalue weighted by Gasteiger charge is 2.28. The summed E-state index contributed by atoms with van der Waals surface area (Å²) in [7, 11) is 3.78. The number of likely N-dealkylation sites (N-methyl/N-ethyl adjacent to an activating group) is 1. The third-order valence-electron chi connectivity index (χ3n) is 7.44. The van der Waals surface area contributed by atoms with E-state index in [1.165, 1.54) is 5.69 Å². The third-order valence-corrected chi connectivity index (χ3v) is 7.44. The van der Waals surface area contributed by atoms with Crippen LogP contribution in [0.15, 0.2) is 66.9 Å². The van der Waals surface area contributed by atoms with Gasteiger partial charge < -0.3 is 29.9 Å². The van der Waals surface area contributed by atoms with Gasteiger partial charge in [-0.2, -0.15) is 4.98 Å². The number of aromatic nitrogens is 3. The molecule has 0 bridgehead atoms. The highest BCUT2D eigenvalue weighted by Crippen LogP contribution is 2.34. The maximum absolute atomic E-state index is 12.8. The molecule has 2 N–H and O–H groups in total. The molecule has 11 heteroatoms. The zero-order valence-corrected chi connectivity index (χ0v) is 24.0. The first kappa shape index (κ1) is 27.3. The second-order valence-electron chi connectivity index (χ2n) is 10.5. The van der Waals surface area contributed by atoms with Gasteiger partial charge in [-0.1, -0.05) is 18.2 Å². The summed E-state index contributed by atoms with van der Waals surface area (Å²) in [6.07, 6.45) is 1.77. The summed E-state index contributed by atoms with van der Waals surface area (Å²) >= 11 is 0. The van der Waals surface area contributed by atoms with Gasteiger partial charge >= 0.3 is 0 Å². The summed E-state index contributed by atoms with van der Waals surface area (Å²) in [6, 6.07) is 19.6. The van der Waals surface area contributed by atoms with Crippen LogP contribution in [-0.2, 0) is 11.3 Å². The molecule has 0 atom stereocenters. The Morgan fingerprint density at radius 1 is 0.976 bits per heavy atom. The van der Waals surface area contributed by atoms with Gasteiger partial charge in [0.25, 0.3) is 5.91 Å². The lowest BCUT2D eigenvalue weighted by Gasteiger charge is -2.34. The van der Waals surface area contributed by atoms with Crippen molar-refractivity contribution >= 4 is 40.7 Å². The van der Waals surface area contributed by atoms with Crippen molar-refractivity contribution in [3.8, 4) is 11.5 Å². The summed E-state index contributed by atoms with van der Waals surface area (Å²) in [6.45, 7) is 6.35. The summed E-state index contributed by atoms with van der Waals surface area (Å²) in [5, 5.41) is 6.65. The second-order valence-corrected chi connectivity index (χ2v) is 10.5. The number of nitrogens with one attached hydrogen (secondary N) is 2. The predicted molar refractivity (Wildman–Crippen MR) is 163 cm³/mol. The topological polar surface area (TPSA) is 108 Å². The van der Waals surface area contributed by atoms with Crippen LogP contribution < -0.4 is 29.9 Å². The standard InChI is InChI=1S/C31H34N8O3/c1-21-18-32-31(33-23-5-4-6-24(17-23)38-15-13-37(2)14-16-38)36-29(21)34-27-12-11-26-30(35-27)39(28(40)20-42-26)19-22-7-9-25(41-3)10-8-22/h4-12,17-18H,13-16,19-20H2,1-3H3,(H2,32,33,34,35,36). The Labute approximate surface area is 245 Å². The van der Waals surface area contributed by atoms with E-state index in [-0.39, 0.29) is 12.5 Å². The molecule has 0 radical (unpaired) electrons. The zero-order chi connectivity index (χ0) is 29.1. The number of nitrogens with zero attached hydrogens (tertiary/aromatic N) is 6. The van der Waals surface area contributed by atoms with E-state index >= 15 is 0 Å². The number of benzene rings is 2. The number of amides is 1. The van der Waals surface area contributed by atoms with Gasteiger partial charge in [0, 0.05) is 49.3 Å². The number of methoxy groups -OCH3 is 1. The van der Waals surface area contributed by atoms with Crippen molar-refractivity contribution in [2.45, 2.75) is 13.5 Å². The van der Waals surface area contributed by atoms with Gasteiger partial charge in [0.05, 0.1) is 13.7 Å². The molecule has 0 spiro atoms.